The first-order valence-electron chi connectivity index (χ1n) is 12.5. The van der Waals surface area contributed by atoms with Crippen LogP contribution in [0.2, 0.25) is 0 Å². The number of benzene rings is 2. The Labute approximate surface area is 213 Å². The van der Waals surface area contributed by atoms with Crippen LogP contribution in [0.25, 0.3) is 5.69 Å². The molecule has 0 radical (unpaired) electrons. The molecule has 2 aromatic carbocycles. The Morgan fingerprint density at radius 1 is 1.00 bits per heavy atom. The third kappa shape index (κ3) is 4.40. The summed E-state index contributed by atoms with van der Waals surface area (Å²) in [5.41, 5.74) is 2.69. The number of likely N-dealkylation sites (tertiary alicyclic amines) is 1. The van der Waals surface area contributed by atoms with Crippen molar-refractivity contribution >= 4 is 11.8 Å². The molecule has 5 rings (SSSR count). The van der Waals surface area contributed by atoms with Crippen LogP contribution in [0.1, 0.15) is 70.4 Å². The number of rotatable bonds is 4. The van der Waals surface area contributed by atoms with Gasteiger partial charge in [0.2, 0.25) is 0 Å². The standard InChI is InChI=1S/C28H29F3N4O2/c1-17(2)24-23-18(3)32-35(22-7-5-4-6-8-22)25(23)27(37)34(24)21-13-15-33(16-14-21)26(36)19-9-11-20(12-10-19)28(29,30)31/h4-12,17,21,24H,13-16H2,1-3H3. The van der Waals surface area contributed by atoms with E-state index >= 15 is 0 Å². The highest BCUT2D eigenvalue weighted by Gasteiger charge is 2.47. The number of aryl methyl sites for hydroxylation is 1. The summed E-state index contributed by atoms with van der Waals surface area (Å²) in [5.74, 6) is -0.172. The number of para-hydroxylation sites is 1. The number of hydrogen-bond donors (Lipinski definition) is 0. The Kier molecular flexibility index (Phi) is 6.33. The van der Waals surface area contributed by atoms with Crippen LogP contribution in [0, 0.1) is 12.8 Å². The normalized spacial score (nSPS) is 18.6. The van der Waals surface area contributed by atoms with E-state index in [2.05, 4.69) is 13.8 Å². The van der Waals surface area contributed by atoms with E-state index in [1.807, 2.05) is 42.2 Å². The van der Waals surface area contributed by atoms with E-state index in [9.17, 15) is 22.8 Å². The highest BCUT2D eigenvalue weighted by atomic mass is 19.4. The number of halogens is 3. The van der Waals surface area contributed by atoms with Crippen molar-refractivity contribution in [2.45, 2.75) is 51.9 Å². The van der Waals surface area contributed by atoms with Crippen molar-refractivity contribution in [1.82, 2.24) is 19.6 Å². The molecule has 0 N–H and O–H groups in total. The fourth-order valence-corrected chi connectivity index (χ4v) is 5.62. The summed E-state index contributed by atoms with van der Waals surface area (Å²) in [6.07, 6.45) is -3.24. The van der Waals surface area contributed by atoms with Gasteiger partial charge in [0.05, 0.1) is 23.0 Å². The maximum Gasteiger partial charge on any atom is 0.416 e. The molecule has 3 heterocycles. The van der Waals surface area contributed by atoms with Crippen molar-refractivity contribution in [1.29, 1.82) is 0 Å². The molecule has 3 aromatic rings. The molecule has 1 saturated heterocycles. The molecule has 1 fully saturated rings. The fourth-order valence-electron chi connectivity index (χ4n) is 5.62. The van der Waals surface area contributed by atoms with Crippen LogP contribution in [0.15, 0.2) is 54.6 Å². The van der Waals surface area contributed by atoms with Crippen molar-refractivity contribution in [2.24, 2.45) is 5.92 Å². The largest absolute Gasteiger partial charge is 0.416 e. The van der Waals surface area contributed by atoms with Gasteiger partial charge in [-0.3, -0.25) is 9.59 Å². The van der Waals surface area contributed by atoms with Crippen LogP contribution in [-0.2, 0) is 6.18 Å². The highest BCUT2D eigenvalue weighted by molar-refractivity contribution is 5.99. The number of alkyl halides is 3. The number of amides is 2. The van der Waals surface area contributed by atoms with Crippen LogP contribution in [0.3, 0.4) is 0 Å². The van der Waals surface area contributed by atoms with Gasteiger partial charge >= 0.3 is 6.18 Å². The number of piperidine rings is 1. The monoisotopic (exact) mass is 510 g/mol. The van der Waals surface area contributed by atoms with Crippen molar-refractivity contribution in [2.75, 3.05) is 13.1 Å². The fraction of sp³-hybridized carbons (Fsp3) is 0.393. The van der Waals surface area contributed by atoms with Crippen molar-refractivity contribution in [3.63, 3.8) is 0 Å². The number of fused-ring (bicyclic) bond motifs is 1. The second kappa shape index (κ2) is 9.36. The zero-order chi connectivity index (χ0) is 26.5. The molecule has 0 saturated carbocycles. The van der Waals surface area contributed by atoms with E-state index < -0.39 is 11.7 Å². The molecular formula is C28H29F3N4O2. The number of hydrogen-bond acceptors (Lipinski definition) is 3. The molecule has 1 aromatic heterocycles. The van der Waals surface area contributed by atoms with E-state index in [1.165, 1.54) is 12.1 Å². The van der Waals surface area contributed by atoms with Crippen LogP contribution in [0.5, 0.6) is 0 Å². The third-order valence-electron chi connectivity index (χ3n) is 7.38. The molecule has 2 aliphatic rings. The average molecular weight is 511 g/mol. The van der Waals surface area contributed by atoms with Gasteiger partial charge in [0.25, 0.3) is 11.8 Å². The van der Waals surface area contributed by atoms with Crippen LogP contribution in [-0.4, -0.2) is 50.5 Å². The van der Waals surface area contributed by atoms with Gasteiger partial charge in [-0.15, -0.1) is 0 Å². The average Bonchev–Trinajstić information content (AvgIpc) is 3.39. The molecule has 2 amide bonds. The molecule has 9 heteroatoms. The first-order valence-corrected chi connectivity index (χ1v) is 12.5. The molecule has 2 aliphatic heterocycles. The summed E-state index contributed by atoms with van der Waals surface area (Å²) in [6, 6.07) is 13.8. The van der Waals surface area contributed by atoms with Gasteiger partial charge in [-0.1, -0.05) is 32.0 Å². The second-order valence-corrected chi connectivity index (χ2v) is 10.1. The van der Waals surface area contributed by atoms with E-state index in [0.29, 0.717) is 31.6 Å². The Morgan fingerprint density at radius 2 is 1.62 bits per heavy atom. The van der Waals surface area contributed by atoms with Crippen LogP contribution in [0.4, 0.5) is 13.2 Å². The molecule has 6 nitrogen and oxygen atoms in total. The smallest absolute Gasteiger partial charge is 0.338 e. The molecule has 1 unspecified atom stereocenters. The molecular weight excluding hydrogens is 481 g/mol. The summed E-state index contributed by atoms with van der Waals surface area (Å²) in [5, 5.41) is 4.70. The first kappa shape index (κ1) is 25.0. The highest BCUT2D eigenvalue weighted by Crippen LogP contribution is 2.44. The summed E-state index contributed by atoms with van der Waals surface area (Å²) in [4.78, 5) is 30.5. The van der Waals surface area contributed by atoms with Gasteiger partial charge in [0.15, 0.2) is 0 Å². The van der Waals surface area contributed by atoms with E-state index in [0.717, 1.165) is 29.1 Å². The first-order chi connectivity index (χ1) is 17.6. The van der Waals surface area contributed by atoms with Crippen molar-refractivity contribution in [3.8, 4) is 5.69 Å². The number of carbonyl (C=O) groups is 2. The lowest BCUT2D eigenvalue weighted by Gasteiger charge is -2.40. The van der Waals surface area contributed by atoms with Gasteiger partial charge in [-0.25, -0.2) is 4.68 Å². The lowest BCUT2D eigenvalue weighted by atomic mass is 9.93. The lowest BCUT2D eigenvalue weighted by Crippen LogP contribution is -2.49. The van der Waals surface area contributed by atoms with Crippen LogP contribution < -0.4 is 0 Å². The third-order valence-corrected chi connectivity index (χ3v) is 7.38. The van der Waals surface area contributed by atoms with E-state index in [4.69, 9.17) is 5.10 Å². The van der Waals surface area contributed by atoms with Gasteiger partial charge in [0, 0.05) is 30.3 Å². The molecule has 0 spiro atoms. The summed E-state index contributed by atoms with van der Waals surface area (Å²) >= 11 is 0. The SMILES string of the molecule is Cc1nn(-c2ccccc2)c2c1C(C(C)C)N(C1CCN(C(=O)c3ccc(C(F)(F)F)cc3)CC1)C2=O. The van der Waals surface area contributed by atoms with E-state index in [1.54, 1.807) is 9.58 Å². The number of nitrogens with zero attached hydrogens (tertiary/aromatic N) is 4. The summed E-state index contributed by atoms with van der Waals surface area (Å²) in [7, 11) is 0. The maximum absolute atomic E-state index is 13.9. The second-order valence-electron chi connectivity index (χ2n) is 10.1. The molecule has 0 bridgehead atoms. The number of carbonyl (C=O) groups excluding carboxylic acids is 2. The van der Waals surface area contributed by atoms with Gasteiger partial charge in [-0.05, 0) is 62.1 Å². The quantitative estimate of drug-likeness (QED) is 0.455. The van der Waals surface area contributed by atoms with Crippen molar-refractivity contribution in [3.05, 3.63) is 82.7 Å². The maximum atomic E-state index is 13.9. The Hall–Kier alpha value is -3.62. The zero-order valence-corrected chi connectivity index (χ0v) is 21.0. The van der Waals surface area contributed by atoms with Crippen molar-refractivity contribution < 1.29 is 22.8 Å². The molecule has 0 aliphatic carbocycles. The Bertz CT molecular complexity index is 1310. The molecule has 1 atom stereocenters. The Morgan fingerprint density at radius 3 is 2.19 bits per heavy atom. The minimum Gasteiger partial charge on any atom is -0.338 e. The minimum absolute atomic E-state index is 0.0485. The van der Waals surface area contributed by atoms with E-state index in [-0.39, 0.29) is 35.4 Å². The predicted octanol–water partition coefficient (Wildman–Crippen LogP) is 5.66. The Balaban J connectivity index is 1.35. The van der Waals surface area contributed by atoms with Gasteiger partial charge in [0.1, 0.15) is 5.69 Å². The minimum atomic E-state index is -4.44. The molecule has 37 heavy (non-hydrogen) atoms. The molecule has 194 valence electrons. The topological polar surface area (TPSA) is 58.4 Å². The van der Waals surface area contributed by atoms with Gasteiger partial charge < -0.3 is 9.80 Å². The summed E-state index contributed by atoms with van der Waals surface area (Å²) in [6.45, 7) is 7.00. The zero-order valence-electron chi connectivity index (χ0n) is 21.0. The van der Waals surface area contributed by atoms with Crippen LogP contribution >= 0.6 is 0 Å². The lowest BCUT2D eigenvalue weighted by molar-refractivity contribution is -0.137. The predicted molar refractivity (Wildman–Crippen MR) is 132 cm³/mol. The number of aromatic nitrogens is 2. The summed E-state index contributed by atoms with van der Waals surface area (Å²) < 4.78 is 40.4. The van der Waals surface area contributed by atoms with Gasteiger partial charge in [-0.2, -0.15) is 18.3 Å².